The largest absolute Gasteiger partial charge is 0.323 e. The summed E-state index contributed by atoms with van der Waals surface area (Å²) in [6, 6.07) is 8.61. The van der Waals surface area contributed by atoms with Crippen LogP contribution in [-0.4, -0.2) is 5.75 Å². The maximum Gasteiger partial charge on any atom is 0.0401 e. The second kappa shape index (κ2) is 2.29. The highest BCUT2D eigenvalue weighted by Crippen LogP contribution is 2.35. The Bertz CT molecular complexity index is 247. The van der Waals surface area contributed by atoms with Crippen LogP contribution in [0.3, 0.4) is 0 Å². The van der Waals surface area contributed by atoms with Gasteiger partial charge in [-0.05, 0) is 11.6 Å². The molecule has 0 saturated carbocycles. The van der Waals surface area contributed by atoms with Crippen molar-refractivity contribution in [1.82, 2.24) is 0 Å². The molecule has 1 atom stereocenters. The standard InChI is InChI=1S/C8H9NS/c9-7-5-10-8-4-2-1-3-6(7)8/h1-4,7H,5,9H2. The summed E-state index contributed by atoms with van der Waals surface area (Å²) in [4.78, 5) is 1.36. The summed E-state index contributed by atoms with van der Waals surface area (Å²) < 4.78 is 0. The van der Waals surface area contributed by atoms with E-state index in [2.05, 4.69) is 18.2 Å². The van der Waals surface area contributed by atoms with Gasteiger partial charge in [-0.25, -0.2) is 0 Å². The molecule has 1 aliphatic heterocycles. The number of nitrogens with two attached hydrogens (primary N) is 1. The maximum atomic E-state index is 5.83. The minimum absolute atomic E-state index is 0.265. The minimum atomic E-state index is 0.265. The van der Waals surface area contributed by atoms with Gasteiger partial charge in [-0.15, -0.1) is 11.8 Å². The van der Waals surface area contributed by atoms with Crippen molar-refractivity contribution in [3.63, 3.8) is 0 Å². The minimum Gasteiger partial charge on any atom is -0.323 e. The Balaban J connectivity index is 2.51. The van der Waals surface area contributed by atoms with Gasteiger partial charge in [0.15, 0.2) is 0 Å². The zero-order chi connectivity index (χ0) is 6.97. The Morgan fingerprint density at radius 1 is 1.40 bits per heavy atom. The third kappa shape index (κ3) is 0.842. The summed E-state index contributed by atoms with van der Waals surface area (Å²) in [5.74, 6) is 1.04. The molecule has 1 aromatic rings. The van der Waals surface area contributed by atoms with E-state index in [4.69, 9.17) is 5.73 Å². The van der Waals surface area contributed by atoms with E-state index in [0.29, 0.717) is 0 Å². The van der Waals surface area contributed by atoms with Gasteiger partial charge in [0.05, 0.1) is 0 Å². The Labute approximate surface area is 64.6 Å². The van der Waals surface area contributed by atoms with E-state index in [1.807, 2.05) is 17.8 Å². The molecular formula is C8H9NS. The lowest BCUT2D eigenvalue weighted by Crippen LogP contribution is -2.07. The van der Waals surface area contributed by atoms with Crippen molar-refractivity contribution < 1.29 is 0 Å². The van der Waals surface area contributed by atoms with Gasteiger partial charge in [-0.1, -0.05) is 18.2 Å². The van der Waals surface area contributed by atoms with E-state index in [1.165, 1.54) is 10.5 Å². The van der Waals surface area contributed by atoms with Crippen molar-refractivity contribution in [2.75, 3.05) is 5.75 Å². The van der Waals surface area contributed by atoms with Crippen molar-refractivity contribution in [2.24, 2.45) is 5.73 Å². The molecule has 2 N–H and O–H groups in total. The zero-order valence-corrected chi connectivity index (χ0v) is 6.40. The molecule has 0 saturated heterocycles. The van der Waals surface area contributed by atoms with Gasteiger partial charge < -0.3 is 5.73 Å². The van der Waals surface area contributed by atoms with Crippen LogP contribution in [0.15, 0.2) is 29.2 Å². The summed E-state index contributed by atoms with van der Waals surface area (Å²) in [6.45, 7) is 0. The van der Waals surface area contributed by atoms with Crippen molar-refractivity contribution in [3.8, 4) is 0 Å². The van der Waals surface area contributed by atoms with Crippen molar-refractivity contribution in [3.05, 3.63) is 29.8 Å². The van der Waals surface area contributed by atoms with Crippen LogP contribution in [-0.2, 0) is 0 Å². The maximum absolute atomic E-state index is 5.83. The first-order valence-electron chi connectivity index (χ1n) is 3.35. The van der Waals surface area contributed by atoms with Crippen LogP contribution in [0, 0.1) is 0 Å². The molecule has 0 radical (unpaired) electrons. The van der Waals surface area contributed by atoms with Crippen molar-refractivity contribution in [1.29, 1.82) is 0 Å². The molecular weight excluding hydrogens is 142 g/mol. The predicted molar refractivity (Wildman–Crippen MR) is 44.1 cm³/mol. The van der Waals surface area contributed by atoms with Crippen LogP contribution >= 0.6 is 11.8 Å². The smallest absolute Gasteiger partial charge is 0.0401 e. The van der Waals surface area contributed by atoms with Crippen LogP contribution in [0.4, 0.5) is 0 Å². The molecule has 0 aromatic heterocycles. The molecule has 1 nitrogen and oxygen atoms in total. The number of thioether (sulfide) groups is 1. The van der Waals surface area contributed by atoms with Gasteiger partial charge in [0.1, 0.15) is 0 Å². The second-order valence-electron chi connectivity index (χ2n) is 2.46. The van der Waals surface area contributed by atoms with Crippen LogP contribution in [0.5, 0.6) is 0 Å². The molecule has 1 unspecified atom stereocenters. The average Bonchev–Trinajstić information content (AvgIpc) is 2.34. The Hall–Kier alpha value is -0.470. The highest BCUT2D eigenvalue weighted by Gasteiger charge is 2.17. The Kier molecular flexibility index (Phi) is 1.43. The fourth-order valence-electron chi connectivity index (χ4n) is 1.19. The third-order valence-corrected chi connectivity index (χ3v) is 2.95. The van der Waals surface area contributed by atoms with Gasteiger partial charge in [0.25, 0.3) is 0 Å². The number of hydrogen-bond acceptors (Lipinski definition) is 2. The molecule has 0 bridgehead atoms. The predicted octanol–water partition coefficient (Wildman–Crippen LogP) is 1.79. The number of benzene rings is 1. The normalized spacial score (nSPS) is 22.7. The van der Waals surface area contributed by atoms with Gasteiger partial charge in [-0.2, -0.15) is 0 Å². The molecule has 2 rings (SSSR count). The summed E-state index contributed by atoms with van der Waals surface area (Å²) in [5, 5.41) is 0. The molecule has 0 aliphatic carbocycles. The van der Waals surface area contributed by atoms with Crippen molar-refractivity contribution in [2.45, 2.75) is 10.9 Å². The highest BCUT2D eigenvalue weighted by molar-refractivity contribution is 7.99. The molecule has 2 heteroatoms. The topological polar surface area (TPSA) is 26.0 Å². The second-order valence-corrected chi connectivity index (χ2v) is 3.52. The lowest BCUT2D eigenvalue weighted by atomic mass is 10.1. The molecule has 0 fully saturated rings. The first-order valence-corrected chi connectivity index (χ1v) is 4.34. The average molecular weight is 151 g/mol. The Morgan fingerprint density at radius 2 is 2.20 bits per heavy atom. The monoisotopic (exact) mass is 151 g/mol. The molecule has 0 amide bonds. The number of rotatable bonds is 0. The van der Waals surface area contributed by atoms with Crippen LogP contribution in [0.1, 0.15) is 11.6 Å². The van der Waals surface area contributed by atoms with Crippen LogP contribution in [0.2, 0.25) is 0 Å². The summed E-state index contributed by atoms with van der Waals surface area (Å²) in [7, 11) is 0. The fraction of sp³-hybridized carbons (Fsp3) is 0.250. The first kappa shape index (κ1) is 6.25. The summed E-state index contributed by atoms with van der Waals surface area (Å²) in [6.07, 6.45) is 0. The quantitative estimate of drug-likeness (QED) is 0.611. The van der Waals surface area contributed by atoms with Gasteiger partial charge in [0.2, 0.25) is 0 Å². The third-order valence-electron chi connectivity index (χ3n) is 1.74. The molecule has 10 heavy (non-hydrogen) atoms. The summed E-state index contributed by atoms with van der Waals surface area (Å²) in [5.41, 5.74) is 7.14. The van der Waals surface area contributed by atoms with Crippen molar-refractivity contribution >= 4 is 11.8 Å². The molecule has 0 spiro atoms. The van der Waals surface area contributed by atoms with E-state index in [0.717, 1.165) is 5.75 Å². The van der Waals surface area contributed by atoms with E-state index >= 15 is 0 Å². The number of fused-ring (bicyclic) bond motifs is 1. The lowest BCUT2D eigenvalue weighted by Gasteiger charge is -2.00. The fourth-order valence-corrected chi connectivity index (χ4v) is 2.29. The first-order chi connectivity index (χ1) is 4.88. The number of hydrogen-bond donors (Lipinski definition) is 1. The highest BCUT2D eigenvalue weighted by atomic mass is 32.2. The van der Waals surface area contributed by atoms with E-state index < -0.39 is 0 Å². The summed E-state index contributed by atoms with van der Waals surface area (Å²) >= 11 is 1.85. The lowest BCUT2D eigenvalue weighted by molar-refractivity contribution is 0.834. The van der Waals surface area contributed by atoms with Crippen LogP contribution in [0.25, 0.3) is 0 Å². The van der Waals surface area contributed by atoms with Crippen LogP contribution < -0.4 is 5.73 Å². The molecule has 52 valence electrons. The Morgan fingerprint density at radius 3 is 3.00 bits per heavy atom. The molecule has 1 heterocycles. The van der Waals surface area contributed by atoms with E-state index in [1.54, 1.807) is 0 Å². The zero-order valence-electron chi connectivity index (χ0n) is 5.58. The SMILES string of the molecule is NC1CSc2ccccc21. The van der Waals surface area contributed by atoms with Gasteiger partial charge in [0, 0.05) is 16.7 Å². The molecule has 1 aromatic carbocycles. The van der Waals surface area contributed by atoms with E-state index in [9.17, 15) is 0 Å². The van der Waals surface area contributed by atoms with Gasteiger partial charge in [-0.3, -0.25) is 0 Å². The van der Waals surface area contributed by atoms with Gasteiger partial charge >= 0.3 is 0 Å². The molecule has 1 aliphatic rings. The van der Waals surface area contributed by atoms with E-state index in [-0.39, 0.29) is 6.04 Å².